The summed E-state index contributed by atoms with van der Waals surface area (Å²) in [7, 11) is -3.32. The molecule has 0 atom stereocenters. The molecule has 1 rings (SSSR count). The van der Waals surface area contributed by atoms with Gasteiger partial charge in [0.05, 0.1) is 5.75 Å². The average molecular weight is 271 g/mol. The van der Waals surface area contributed by atoms with Crippen molar-refractivity contribution in [3.05, 3.63) is 29.8 Å². The highest BCUT2D eigenvalue weighted by atomic mass is 32.2. The minimum atomic E-state index is -3.32. The van der Waals surface area contributed by atoms with Crippen molar-refractivity contribution in [2.75, 3.05) is 17.1 Å². The van der Waals surface area contributed by atoms with Crippen LogP contribution in [0.2, 0.25) is 0 Å². The summed E-state index contributed by atoms with van der Waals surface area (Å²) in [6.07, 6.45) is 0.578. The van der Waals surface area contributed by atoms with Crippen LogP contribution in [0.1, 0.15) is 26.3 Å². The van der Waals surface area contributed by atoms with E-state index in [2.05, 4.69) is 4.72 Å². The van der Waals surface area contributed by atoms with E-state index in [-0.39, 0.29) is 17.8 Å². The lowest BCUT2D eigenvalue weighted by molar-refractivity contribution is 0.299. The van der Waals surface area contributed by atoms with Gasteiger partial charge in [-0.1, -0.05) is 32.9 Å². The van der Waals surface area contributed by atoms with Crippen LogP contribution in [0.3, 0.4) is 0 Å². The number of hydrogen-bond donors (Lipinski definition) is 2. The van der Waals surface area contributed by atoms with Gasteiger partial charge in [-0.2, -0.15) is 0 Å². The Hall–Kier alpha value is -1.07. The molecule has 1 aromatic carbocycles. The van der Waals surface area contributed by atoms with Crippen molar-refractivity contribution >= 4 is 15.7 Å². The van der Waals surface area contributed by atoms with Crippen LogP contribution in [-0.2, 0) is 16.4 Å². The number of hydrogen-bond acceptors (Lipinski definition) is 3. The quantitative estimate of drug-likeness (QED) is 0.861. The van der Waals surface area contributed by atoms with E-state index in [4.69, 9.17) is 5.11 Å². The molecule has 0 fully saturated rings. The summed E-state index contributed by atoms with van der Waals surface area (Å²) >= 11 is 0. The zero-order valence-electron chi connectivity index (χ0n) is 11.1. The smallest absolute Gasteiger partial charge is 0.233 e. The monoisotopic (exact) mass is 271 g/mol. The fraction of sp³-hybridized carbons (Fsp3) is 0.538. The Balaban J connectivity index is 2.72. The maximum absolute atomic E-state index is 11.9. The molecule has 0 aromatic heterocycles. The van der Waals surface area contributed by atoms with E-state index in [0.717, 1.165) is 5.56 Å². The van der Waals surface area contributed by atoms with Crippen LogP contribution in [0.5, 0.6) is 0 Å². The maximum Gasteiger partial charge on any atom is 0.233 e. The molecule has 18 heavy (non-hydrogen) atoms. The Bertz CT molecular complexity index is 472. The fourth-order valence-corrected chi connectivity index (χ4v) is 3.36. The zero-order valence-corrected chi connectivity index (χ0v) is 11.9. The van der Waals surface area contributed by atoms with Crippen LogP contribution < -0.4 is 4.72 Å². The molecule has 1 aromatic rings. The topological polar surface area (TPSA) is 66.4 Å². The molecule has 4 nitrogen and oxygen atoms in total. The first-order valence-corrected chi connectivity index (χ1v) is 7.57. The lowest BCUT2D eigenvalue weighted by Gasteiger charge is -2.18. The second-order valence-corrected chi connectivity index (χ2v) is 7.31. The Kier molecular flexibility index (Phi) is 4.76. The second-order valence-electron chi connectivity index (χ2n) is 5.59. The Morgan fingerprint density at radius 2 is 1.72 bits per heavy atom. The van der Waals surface area contributed by atoms with E-state index in [9.17, 15) is 8.42 Å². The molecular formula is C13H21NO3S. The van der Waals surface area contributed by atoms with Gasteiger partial charge in [-0.15, -0.1) is 0 Å². The molecular weight excluding hydrogens is 250 g/mol. The summed E-state index contributed by atoms with van der Waals surface area (Å²) in [5.41, 5.74) is 1.26. The van der Waals surface area contributed by atoms with E-state index in [1.165, 1.54) is 0 Å². The van der Waals surface area contributed by atoms with E-state index in [1.54, 1.807) is 12.1 Å². The summed E-state index contributed by atoms with van der Waals surface area (Å²) in [5, 5.41) is 8.79. The summed E-state index contributed by atoms with van der Waals surface area (Å²) in [4.78, 5) is 0. The number of rotatable bonds is 5. The molecule has 0 aliphatic rings. The van der Waals surface area contributed by atoms with Crippen LogP contribution >= 0.6 is 0 Å². The first-order chi connectivity index (χ1) is 8.22. The van der Waals surface area contributed by atoms with Crippen molar-refractivity contribution < 1.29 is 13.5 Å². The van der Waals surface area contributed by atoms with E-state index in [0.29, 0.717) is 12.1 Å². The van der Waals surface area contributed by atoms with Gasteiger partial charge in [-0.3, -0.25) is 4.72 Å². The average Bonchev–Trinajstić information content (AvgIpc) is 2.17. The molecule has 5 heteroatoms. The summed E-state index contributed by atoms with van der Waals surface area (Å²) in [6.45, 7) is 5.75. The first kappa shape index (κ1) is 15.0. The standard InChI is InChI=1S/C13H21NO3S/c1-13(2,3)10-18(16,17)14-12-6-4-11(5-7-12)8-9-15/h4-7,14-15H,8-10H2,1-3H3. The zero-order chi connectivity index (χ0) is 13.8. The van der Waals surface area contributed by atoms with Crippen LogP contribution in [0, 0.1) is 5.41 Å². The number of nitrogens with one attached hydrogen (secondary N) is 1. The van der Waals surface area contributed by atoms with Crippen molar-refractivity contribution in [2.24, 2.45) is 5.41 Å². The van der Waals surface area contributed by atoms with E-state index >= 15 is 0 Å². The molecule has 0 heterocycles. The van der Waals surface area contributed by atoms with Gasteiger partial charge >= 0.3 is 0 Å². The van der Waals surface area contributed by atoms with Crippen molar-refractivity contribution in [2.45, 2.75) is 27.2 Å². The Morgan fingerprint density at radius 1 is 1.17 bits per heavy atom. The minimum absolute atomic E-state index is 0.0817. The van der Waals surface area contributed by atoms with Crippen molar-refractivity contribution in [3.8, 4) is 0 Å². The molecule has 0 radical (unpaired) electrons. The summed E-state index contributed by atoms with van der Waals surface area (Å²) in [5.74, 6) is 0.0817. The van der Waals surface area contributed by atoms with Gasteiger partial charge in [0.25, 0.3) is 0 Å². The predicted octanol–water partition coefficient (Wildman–Crippen LogP) is 2.01. The molecule has 0 amide bonds. The van der Waals surface area contributed by atoms with Crippen LogP contribution in [0.4, 0.5) is 5.69 Å². The maximum atomic E-state index is 11.9. The third-order valence-corrected chi connectivity index (χ3v) is 4.04. The molecule has 2 N–H and O–H groups in total. The number of anilines is 1. The Labute approximate surface area is 109 Å². The summed E-state index contributed by atoms with van der Waals surface area (Å²) < 4.78 is 26.3. The normalized spacial score (nSPS) is 12.4. The number of sulfonamides is 1. The molecule has 0 saturated heterocycles. The van der Waals surface area contributed by atoms with Crippen LogP contribution in [0.15, 0.2) is 24.3 Å². The lowest BCUT2D eigenvalue weighted by atomic mass is 10.0. The van der Waals surface area contributed by atoms with Gasteiger partial charge < -0.3 is 5.11 Å². The largest absolute Gasteiger partial charge is 0.396 e. The molecule has 0 spiro atoms. The number of aliphatic hydroxyl groups is 1. The minimum Gasteiger partial charge on any atom is -0.396 e. The highest BCUT2D eigenvalue weighted by Gasteiger charge is 2.21. The Morgan fingerprint density at radius 3 is 2.17 bits per heavy atom. The van der Waals surface area contributed by atoms with Gasteiger partial charge in [0.1, 0.15) is 0 Å². The fourth-order valence-electron chi connectivity index (χ4n) is 1.65. The van der Waals surface area contributed by atoms with E-state index < -0.39 is 10.0 Å². The lowest BCUT2D eigenvalue weighted by Crippen LogP contribution is -2.26. The van der Waals surface area contributed by atoms with Crippen molar-refractivity contribution in [1.29, 1.82) is 0 Å². The molecule has 102 valence electrons. The van der Waals surface area contributed by atoms with Crippen molar-refractivity contribution in [1.82, 2.24) is 0 Å². The summed E-state index contributed by atoms with van der Waals surface area (Å²) in [6, 6.07) is 7.05. The number of benzene rings is 1. The second kappa shape index (κ2) is 5.71. The molecule has 0 aliphatic carbocycles. The molecule has 0 aliphatic heterocycles. The third-order valence-electron chi connectivity index (χ3n) is 2.25. The van der Waals surface area contributed by atoms with Crippen molar-refractivity contribution in [3.63, 3.8) is 0 Å². The van der Waals surface area contributed by atoms with Crippen LogP contribution in [-0.4, -0.2) is 25.9 Å². The van der Waals surface area contributed by atoms with Gasteiger partial charge in [0.15, 0.2) is 0 Å². The molecule has 0 saturated carbocycles. The highest BCUT2D eigenvalue weighted by molar-refractivity contribution is 7.92. The number of aliphatic hydroxyl groups excluding tert-OH is 1. The molecule has 0 bridgehead atoms. The van der Waals surface area contributed by atoms with Gasteiger partial charge in [0, 0.05) is 12.3 Å². The van der Waals surface area contributed by atoms with Gasteiger partial charge in [-0.05, 0) is 29.5 Å². The molecule has 0 unspecified atom stereocenters. The van der Waals surface area contributed by atoms with Gasteiger partial charge in [-0.25, -0.2) is 8.42 Å². The first-order valence-electron chi connectivity index (χ1n) is 5.92. The van der Waals surface area contributed by atoms with Crippen LogP contribution in [0.25, 0.3) is 0 Å². The highest BCUT2D eigenvalue weighted by Crippen LogP contribution is 2.18. The van der Waals surface area contributed by atoms with E-state index in [1.807, 2.05) is 32.9 Å². The predicted molar refractivity (Wildman–Crippen MR) is 74.1 cm³/mol. The third kappa shape index (κ3) is 5.51. The SMILES string of the molecule is CC(C)(C)CS(=O)(=O)Nc1ccc(CCO)cc1. The van der Waals surface area contributed by atoms with Gasteiger partial charge in [0.2, 0.25) is 10.0 Å².